The van der Waals surface area contributed by atoms with Crippen molar-refractivity contribution in [3.05, 3.63) is 53.2 Å². The standard InChI is InChI=1S/C19H18N4O3/c24-16-5-4-13-9-14(11-20-18(13)22-16)19(26)21-10-12-2-1-3-15(8-12)23-7-6-17(23)25/h1-3,8-9,11H,4-7,10H2,(H,21,26)(H,20,22,24). The number of aryl methyl sites for hydroxylation is 1. The van der Waals surface area contributed by atoms with Gasteiger partial charge in [-0.15, -0.1) is 0 Å². The van der Waals surface area contributed by atoms with Crippen molar-refractivity contribution in [2.45, 2.75) is 25.8 Å². The zero-order valence-electron chi connectivity index (χ0n) is 14.1. The zero-order chi connectivity index (χ0) is 18.1. The normalized spacial score (nSPS) is 15.8. The molecule has 3 heterocycles. The largest absolute Gasteiger partial charge is 0.348 e. The van der Waals surface area contributed by atoms with E-state index >= 15 is 0 Å². The number of nitrogens with one attached hydrogen (secondary N) is 2. The number of hydrogen-bond acceptors (Lipinski definition) is 4. The molecule has 7 nitrogen and oxygen atoms in total. The minimum Gasteiger partial charge on any atom is -0.348 e. The molecule has 1 aromatic heterocycles. The van der Waals surface area contributed by atoms with Crippen molar-refractivity contribution in [2.75, 3.05) is 16.8 Å². The number of nitrogens with zero attached hydrogens (tertiary/aromatic N) is 2. The summed E-state index contributed by atoms with van der Waals surface area (Å²) < 4.78 is 0. The van der Waals surface area contributed by atoms with E-state index in [0.29, 0.717) is 37.2 Å². The second kappa shape index (κ2) is 6.59. The first-order valence-corrected chi connectivity index (χ1v) is 8.56. The summed E-state index contributed by atoms with van der Waals surface area (Å²) in [6.45, 7) is 1.11. The minimum absolute atomic E-state index is 0.0530. The molecule has 0 atom stereocenters. The predicted octanol–water partition coefficient (Wildman–Crippen LogP) is 1.63. The summed E-state index contributed by atoms with van der Waals surface area (Å²) in [6, 6.07) is 9.37. The molecule has 0 aliphatic carbocycles. The molecule has 0 spiro atoms. The molecule has 0 radical (unpaired) electrons. The van der Waals surface area contributed by atoms with Crippen LogP contribution in [0, 0.1) is 0 Å². The quantitative estimate of drug-likeness (QED) is 0.820. The Labute approximate surface area is 150 Å². The molecule has 1 saturated heterocycles. The molecule has 0 bridgehead atoms. The van der Waals surface area contributed by atoms with Crippen LogP contribution in [-0.4, -0.2) is 29.3 Å². The fourth-order valence-electron chi connectivity index (χ4n) is 3.09. The van der Waals surface area contributed by atoms with E-state index in [4.69, 9.17) is 0 Å². The Kier molecular flexibility index (Phi) is 4.12. The third-order valence-electron chi connectivity index (χ3n) is 4.63. The van der Waals surface area contributed by atoms with Gasteiger partial charge in [0.1, 0.15) is 5.82 Å². The molecule has 2 aliphatic rings. The van der Waals surface area contributed by atoms with Gasteiger partial charge in [-0.25, -0.2) is 4.98 Å². The van der Waals surface area contributed by atoms with Gasteiger partial charge in [0.2, 0.25) is 11.8 Å². The van der Waals surface area contributed by atoms with Gasteiger partial charge >= 0.3 is 0 Å². The van der Waals surface area contributed by atoms with E-state index in [1.165, 1.54) is 6.20 Å². The first kappa shape index (κ1) is 16.3. The highest BCUT2D eigenvalue weighted by atomic mass is 16.2. The Hall–Kier alpha value is -3.22. The molecular formula is C19H18N4O3. The number of anilines is 2. The monoisotopic (exact) mass is 350 g/mol. The summed E-state index contributed by atoms with van der Waals surface area (Å²) >= 11 is 0. The second-order valence-corrected chi connectivity index (χ2v) is 6.43. The van der Waals surface area contributed by atoms with Crippen LogP contribution in [0.4, 0.5) is 11.5 Å². The number of fused-ring (bicyclic) bond motifs is 1. The van der Waals surface area contributed by atoms with Crippen LogP contribution < -0.4 is 15.5 Å². The lowest BCUT2D eigenvalue weighted by molar-refractivity contribution is -0.122. The van der Waals surface area contributed by atoms with Crippen molar-refractivity contribution in [3.8, 4) is 0 Å². The molecular weight excluding hydrogens is 332 g/mol. The smallest absolute Gasteiger partial charge is 0.253 e. The van der Waals surface area contributed by atoms with Gasteiger partial charge in [0.05, 0.1) is 5.56 Å². The number of rotatable bonds is 4. The SMILES string of the molecule is O=C1CCc2cc(C(=O)NCc3cccc(N4CCC4=O)c3)cnc2N1. The van der Waals surface area contributed by atoms with E-state index in [0.717, 1.165) is 23.4 Å². The third kappa shape index (κ3) is 3.15. The highest BCUT2D eigenvalue weighted by Crippen LogP contribution is 2.23. The molecule has 132 valence electrons. The van der Waals surface area contributed by atoms with E-state index in [-0.39, 0.29) is 17.7 Å². The summed E-state index contributed by atoms with van der Waals surface area (Å²) in [6.07, 6.45) is 3.05. The molecule has 4 rings (SSSR count). The van der Waals surface area contributed by atoms with Crippen LogP contribution >= 0.6 is 0 Å². The summed E-state index contributed by atoms with van der Waals surface area (Å²) in [5.74, 6) is 0.383. The Balaban J connectivity index is 1.42. The topological polar surface area (TPSA) is 91.4 Å². The van der Waals surface area contributed by atoms with Gasteiger partial charge in [-0.05, 0) is 35.7 Å². The number of carbonyl (C=O) groups excluding carboxylic acids is 3. The zero-order valence-corrected chi connectivity index (χ0v) is 14.1. The van der Waals surface area contributed by atoms with Crippen LogP contribution in [0.1, 0.15) is 34.3 Å². The Morgan fingerprint density at radius 1 is 1.19 bits per heavy atom. The Morgan fingerprint density at radius 3 is 2.85 bits per heavy atom. The maximum Gasteiger partial charge on any atom is 0.253 e. The molecule has 2 N–H and O–H groups in total. The van der Waals surface area contributed by atoms with Crippen LogP contribution in [0.5, 0.6) is 0 Å². The van der Waals surface area contributed by atoms with E-state index in [2.05, 4.69) is 15.6 Å². The van der Waals surface area contributed by atoms with Crippen molar-refractivity contribution >= 4 is 29.2 Å². The third-order valence-corrected chi connectivity index (χ3v) is 4.63. The van der Waals surface area contributed by atoms with Gasteiger partial charge in [-0.3, -0.25) is 14.4 Å². The predicted molar refractivity (Wildman–Crippen MR) is 95.8 cm³/mol. The van der Waals surface area contributed by atoms with Gasteiger partial charge in [0.25, 0.3) is 5.91 Å². The van der Waals surface area contributed by atoms with Crippen LogP contribution in [0.15, 0.2) is 36.5 Å². The van der Waals surface area contributed by atoms with Crippen LogP contribution in [0.2, 0.25) is 0 Å². The molecule has 0 saturated carbocycles. The molecule has 0 unspecified atom stereocenters. The van der Waals surface area contributed by atoms with Crippen molar-refractivity contribution in [3.63, 3.8) is 0 Å². The number of benzene rings is 1. The lowest BCUT2D eigenvalue weighted by Crippen LogP contribution is -2.43. The molecule has 1 fully saturated rings. The van der Waals surface area contributed by atoms with Gasteiger partial charge in [-0.1, -0.05) is 12.1 Å². The Morgan fingerprint density at radius 2 is 2.08 bits per heavy atom. The van der Waals surface area contributed by atoms with Crippen molar-refractivity contribution in [1.82, 2.24) is 10.3 Å². The highest BCUT2D eigenvalue weighted by molar-refractivity contribution is 5.99. The summed E-state index contributed by atoms with van der Waals surface area (Å²) in [5.41, 5.74) is 3.12. The van der Waals surface area contributed by atoms with E-state index in [1.54, 1.807) is 11.0 Å². The molecule has 2 aromatic rings. The molecule has 7 heteroatoms. The number of amides is 3. The maximum atomic E-state index is 12.4. The lowest BCUT2D eigenvalue weighted by atomic mass is 10.0. The number of pyridine rings is 1. The molecule has 26 heavy (non-hydrogen) atoms. The minimum atomic E-state index is -0.220. The summed E-state index contributed by atoms with van der Waals surface area (Å²) in [7, 11) is 0. The first-order valence-electron chi connectivity index (χ1n) is 8.56. The Bertz CT molecular complexity index is 909. The van der Waals surface area contributed by atoms with E-state index in [9.17, 15) is 14.4 Å². The first-order chi connectivity index (χ1) is 12.6. The van der Waals surface area contributed by atoms with E-state index in [1.807, 2.05) is 24.3 Å². The van der Waals surface area contributed by atoms with Crippen LogP contribution in [0.25, 0.3) is 0 Å². The van der Waals surface area contributed by atoms with Crippen molar-refractivity contribution < 1.29 is 14.4 Å². The number of hydrogen-bond donors (Lipinski definition) is 2. The second-order valence-electron chi connectivity index (χ2n) is 6.43. The summed E-state index contributed by atoms with van der Waals surface area (Å²) in [4.78, 5) is 41.2. The maximum absolute atomic E-state index is 12.4. The van der Waals surface area contributed by atoms with Gasteiger partial charge in [0.15, 0.2) is 0 Å². The van der Waals surface area contributed by atoms with E-state index < -0.39 is 0 Å². The van der Waals surface area contributed by atoms with Gasteiger partial charge < -0.3 is 15.5 Å². The molecule has 3 amide bonds. The van der Waals surface area contributed by atoms with Crippen molar-refractivity contribution in [2.24, 2.45) is 0 Å². The van der Waals surface area contributed by atoms with Crippen molar-refractivity contribution in [1.29, 1.82) is 0 Å². The van der Waals surface area contributed by atoms with Gasteiger partial charge in [-0.2, -0.15) is 0 Å². The number of carbonyl (C=O) groups is 3. The van der Waals surface area contributed by atoms with Crippen LogP contribution in [0.3, 0.4) is 0 Å². The molecule has 1 aromatic carbocycles. The van der Waals surface area contributed by atoms with Gasteiger partial charge in [0, 0.05) is 37.8 Å². The number of β-lactam (4-membered cyclic amide) rings is 1. The highest BCUT2D eigenvalue weighted by Gasteiger charge is 2.25. The average Bonchev–Trinajstić information content (AvgIpc) is 2.64. The fraction of sp³-hybridized carbons (Fsp3) is 0.263. The lowest BCUT2D eigenvalue weighted by Gasteiger charge is -2.30. The fourth-order valence-corrected chi connectivity index (χ4v) is 3.09. The van der Waals surface area contributed by atoms with Crippen LogP contribution in [-0.2, 0) is 22.6 Å². The average molecular weight is 350 g/mol. The molecule has 2 aliphatic heterocycles. The summed E-state index contributed by atoms with van der Waals surface area (Å²) in [5, 5.41) is 5.58. The number of aromatic nitrogens is 1.